The molecule has 166 valence electrons. The third-order valence-electron chi connectivity index (χ3n) is 5.38. The zero-order chi connectivity index (χ0) is 22.3. The van der Waals surface area contributed by atoms with Crippen molar-refractivity contribution in [3.63, 3.8) is 0 Å². The van der Waals surface area contributed by atoms with Crippen molar-refractivity contribution in [2.24, 2.45) is 0 Å². The Labute approximate surface area is 192 Å². The summed E-state index contributed by atoms with van der Waals surface area (Å²) in [6.45, 7) is 4.36. The van der Waals surface area contributed by atoms with Crippen molar-refractivity contribution in [3.8, 4) is 0 Å². The summed E-state index contributed by atoms with van der Waals surface area (Å²) in [5.41, 5.74) is 2.54. The molecule has 1 unspecified atom stereocenters. The molecule has 0 radical (unpaired) electrons. The molecular formula is C25H26FN3O2S. The van der Waals surface area contributed by atoms with Crippen LogP contribution in [-0.4, -0.2) is 36.4 Å². The lowest BCUT2D eigenvalue weighted by atomic mass is 10.0. The van der Waals surface area contributed by atoms with Crippen LogP contribution in [0.5, 0.6) is 0 Å². The number of nitrogens with one attached hydrogen (secondary N) is 1. The fraction of sp³-hybridized carbons (Fsp3) is 0.280. The van der Waals surface area contributed by atoms with Gasteiger partial charge in [0.2, 0.25) is 0 Å². The second-order valence-electron chi connectivity index (χ2n) is 7.50. The molecule has 1 amide bonds. The Balaban J connectivity index is 1.40. The van der Waals surface area contributed by atoms with Crippen LogP contribution in [0.25, 0.3) is 0 Å². The molecule has 3 aromatic rings. The lowest BCUT2D eigenvalue weighted by Crippen LogP contribution is -2.40. The molecule has 1 saturated heterocycles. The average Bonchev–Trinajstić information content (AvgIpc) is 2.84. The van der Waals surface area contributed by atoms with E-state index in [4.69, 9.17) is 4.74 Å². The molecule has 32 heavy (non-hydrogen) atoms. The van der Waals surface area contributed by atoms with Crippen LogP contribution in [0.1, 0.15) is 34.5 Å². The van der Waals surface area contributed by atoms with Gasteiger partial charge in [-0.1, -0.05) is 31.2 Å². The summed E-state index contributed by atoms with van der Waals surface area (Å²) in [7, 11) is 0. The third kappa shape index (κ3) is 5.47. The molecule has 1 aliphatic heterocycles. The molecule has 2 aromatic carbocycles. The summed E-state index contributed by atoms with van der Waals surface area (Å²) in [6, 6.07) is 18.3. The number of amides is 1. The van der Waals surface area contributed by atoms with E-state index in [9.17, 15) is 9.18 Å². The first-order valence-electron chi connectivity index (χ1n) is 10.7. The molecule has 0 aliphatic carbocycles. The van der Waals surface area contributed by atoms with E-state index >= 15 is 0 Å². The minimum absolute atomic E-state index is 0.0506. The predicted molar refractivity (Wildman–Crippen MR) is 126 cm³/mol. The topological polar surface area (TPSA) is 54.5 Å². The molecule has 2 heterocycles. The van der Waals surface area contributed by atoms with Crippen LogP contribution < -0.4 is 10.2 Å². The lowest BCUT2D eigenvalue weighted by Gasteiger charge is -2.36. The number of anilines is 1. The SMILES string of the molecule is CCSc1ccc(CNC(=O)c2ccc(N3CCOCC3c3ccc(F)cc3)nc2)cc1. The summed E-state index contributed by atoms with van der Waals surface area (Å²) >= 11 is 1.79. The van der Waals surface area contributed by atoms with Gasteiger partial charge in [0.05, 0.1) is 24.8 Å². The second-order valence-corrected chi connectivity index (χ2v) is 8.84. The standard InChI is InChI=1S/C25H26FN3O2S/c1-2-32-22-10-3-18(4-11-22)15-28-25(30)20-7-12-24(27-16-20)29-13-14-31-17-23(29)19-5-8-21(26)9-6-19/h3-12,16,23H,2,13-15,17H2,1H3,(H,28,30). The minimum atomic E-state index is -0.263. The molecule has 1 N–H and O–H groups in total. The number of morpholine rings is 1. The maximum Gasteiger partial charge on any atom is 0.253 e. The van der Waals surface area contributed by atoms with E-state index in [1.807, 2.05) is 18.2 Å². The Morgan fingerprint density at radius 3 is 2.62 bits per heavy atom. The minimum Gasteiger partial charge on any atom is -0.377 e. The van der Waals surface area contributed by atoms with E-state index < -0.39 is 0 Å². The smallest absolute Gasteiger partial charge is 0.253 e. The second kappa shape index (κ2) is 10.6. The van der Waals surface area contributed by atoms with Crippen LogP contribution in [0.3, 0.4) is 0 Å². The van der Waals surface area contributed by atoms with Gasteiger partial charge in [-0.15, -0.1) is 11.8 Å². The quantitative estimate of drug-likeness (QED) is 0.521. The highest BCUT2D eigenvalue weighted by Crippen LogP contribution is 2.28. The van der Waals surface area contributed by atoms with Gasteiger partial charge in [0.25, 0.3) is 5.91 Å². The highest BCUT2D eigenvalue weighted by molar-refractivity contribution is 7.99. The van der Waals surface area contributed by atoms with Crippen molar-refractivity contribution >= 4 is 23.5 Å². The van der Waals surface area contributed by atoms with E-state index in [-0.39, 0.29) is 17.8 Å². The summed E-state index contributed by atoms with van der Waals surface area (Å²) in [4.78, 5) is 20.5. The van der Waals surface area contributed by atoms with E-state index in [1.165, 1.54) is 17.0 Å². The van der Waals surface area contributed by atoms with Crippen LogP contribution in [0.4, 0.5) is 10.2 Å². The lowest BCUT2D eigenvalue weighted by molar-refractivity contribution is 0.0934. The summed E-state index contributed by atoms with van der Waals surface area (Å²) in [5, 5.41) is 2.95. The van der Waals surface area contributed by atoms with E-state index in [0.29, 0.717) is 31.9 Å². The fourth-order valence-corrected chi connectivity index (χ4v) is 4.35. The molecule has 7 heteroatoms. The molecular weight excluding hydrogens is 425 g/mol. The molecule has 0 bridgehead atoms. The van der Waals surface area contributed by atoms with Crippen LogP contribution >= 0.6 is 11.8 Å². The number of carbonyl (C=O) groups excluding carboxylic acids is 1. The Hall–Kier alpha value is -2.90. The molecule has 5 nitrogen and oxygen atoms in total. The first kappa shape index (κ1) is 22.3. The number of aromatic nitrogens is 1. The predicted octanol–water partition coefficient (Wildman–Crippen LogP) is 4.84. The number of hydrogen-bond donors (Lipinski definition) is 1. The van der Waals surface area contributed by atoms with Gasteiger partial charge in [-0.2, -0.15) is 0 Å². The normalized spacial score (nSPS) is 16.1. The zero-order valence-electron chi connectivity index (χ0n) is 18.0. The van der Waals surface area contributed by atoms with Crippen molar-refractivity contribution in [2.75, 3.05) is 30.4 Å². The number of pyridine rings is 1. The molecule has 1 atom stereocenters. The first-order valence-corrected chi connectivity index (χ1v) is 11.7. The number of ether oxygens (including phenoxy) is 1. The Kier molecular flexibility index (Phi) is 7.39. The number of nitrogens with zero attached hydrogens (tertiary/aromatic N) is 2. The maximum atomic E-state index is 13.3. The van der Waals surface area contributed by atoms with Crippen molar-refractivity contribution in [1.82, 2.24) is 10.3 Å². The fourth-order valence-electron chi connectivity index (χ4n) is 3.68. The largest absolute Gasteiger partial charge is 0.377 e. The zero-order valence-corrected chi connectivity index (χ0v) is 18.8. The van der Waals surface area contributed by atoms with Crippen molar-refractivity contribution in [1.29, 1.82) is 0 Å². The number of hydrogen-bond acceptors (Lipinski definition) is 5. The number of halogens is 1. The number of thioether (sulfide) groups is 1. The monoisotopic (exact) mass is 451 g/mol. The molecule has 0 spiro atoms. The number of carbonyl (C=O) groups is 1. The molecule has 1 fully saturated rings. The number of rotatable bonds is 7. The molecule has 0 saturated carbocycles. The van der Waals surface area contributed by atoms with Crippen molar-refractivity contribution in [3.05, 3.63) is 89.4 Å². The summed E-state index contributed by atoms with van der Waals surface area (Å²) in [6.07, 6.45) is 1.60. The van der Waals surface area contributed by atoms with Gasteiger partial charge in [-0.25, -0.2) is 9.37 Å². The summed E-state index contributed by atoms with van der Waals surface area (Å²) < 4.78 is 19.0. The van der Waals surface area contributed by atoms with Crippen molar-refractivity contribution < 1.29 is 13.9 Å². The molecule has 1 aromatic heterocycles. The maximum absolute atomic E-state index is 13.3. The Bertz CT molecular complexity index is 1030. The van der Waals surface area contributed by atoms with Crippen LogP contribution in [0, 0.1) is 5.82 Å². The Morgan fingerprint density at radius 2 is 1.94 bits per heavy atom. The van der Waals surface area contributed by atoms with Crippen molar-refractivity contribution in [2.45, 2.75) is 24.4 Å². The average molecular weight is 452 g/mol. The van der Waals surface area contributed by atoms with Gasteiger partial charge in [-0.3, -0.25) is 4.79 Å². The van der Waals surface area contributed by atoms with Crippen LogP contribution in [0.15, 0.2) is 71.8 Å². The van der Waals surface area contributed by atoms with Gasteiger partial charge in [-0.05, 0) is 53.3 Å². The van der Waals surface area contributed by atoms with Crippen LogP contribution in [0.2, 0.25) is 0 Å². The van der Waals surface area contributed by atoms with Gasteiger partial charge in [0.1, 0.15) is 11.6 Å². The van der Waals surface area contributed by atoms with Gasteiger partial charge in [0, 0.05) is 24.2 Å². The van der Waals surface area contributed by atoms with Gasteiger partial charge < -0.3 is 15.0 Å². The number of benzene rings is 2. The van der Waals surface area contributed by atoms with E-state index in [2.05, 4.69) is 34.3 Å². The van der Waals surface area contributed by atoms with Crippen LogP contribution in [-0.2, 0) is 11.3 Å². The molecule has 4 rings (SSSR count). The third-order valence-corrected chi connectivity index (χ3v) is 6.27. The molecule has 1 aliphatic rings. The Morgan fingerprint density at radius 1 is 1.16 bits per heavy atom. The van der Waals surface area contributed by atoms with Gasteiger partial charge in [0.15, 0.2) is 0 Å². The highest BCUT2D eigenvalue weighted by atomic mass is 32.2. The highest BCUT2D eigenvalue weighted by Gasteiger charge is 2.26. The summed E-state index contributed by atoms with van der Waals surface area (Å²) in [5.74, 6) is 1.38. The first-order chi connectivity index (χ1) is 15.6. The van der Waals surface area contributed by atoms with Gasteiger partial charge >= 0.3 is 0 Å². The van der Waals surface area contributed by atoms with E-state index in [1.54, 1.807) is 36.2 Å². The van der Waals surface area contributed by atoms with E-state index in [0.717, 1.165) is 22.7 Å².